The lowest BCUT2D eigenvalue weighted by molar-refractivity contribution is 0.579. The molecule has 3 N–H and O–H groups in total. The maximum atomic E-state index is 13.8. The summed E-state index contributed by atoms with van der Waals surface area (Å²) >= 11 is 0. The van der Waals surface area contributed by atoms with E-state index in [1.807, 2.05) is 0 Å². The van der Waals surface area contributed by atoms with E-state index in [-0.39, 0.29) is 10.5 Å². The number of benzene rings is 3. The number of nitrogens with two attached hydrogens (primary N) is 1. The minimum atomic E-state index is -3.89. The van der Waals surface area contributed by atoms with E-state index < -0.39 is 21.7 Å². The van der Waals surface area contributed by atoms with Crippen LogP contribution in [0.15, 0.2) is 65.6 Å². The van der Waals surface area contributed by atoms with Gasteiger partial charge in [0.25, 0.3) is 0 Å². The summed E-state index contributed by atoms with van der Waals surface area (Å²) in [6.07, 6.45) is 2.78. The van der Waals surface area contributed by atoms with Crippen LogP contribution in [0, 0.1) is 11.6 Å². The van der Waals surface area contributed by atoms with Gasteiger partial charge in [0.1, 0.15) is 17.5 Å². The highest BCUT2D eigenvalue weighted by Crippen LogP contribution is 2.29. The molecule has 0 amide bonds. The lowest BCUT2D eigenvalue weighted by Crippen LogP contribution is -2.13. The zero-order valence-corrected chi connectivity index (χ0v) is 15.7. The Morgan fingerprint density at radius 3 is 2.38 bits per heavy atom. The molecule has 0 bridgehead atoms. The highest BCUT2D eigenvalue weighted by atomic mass is 32.2. The fraction of sp³-hybridized carbons (Fsp3) is 0. The molecule has 3 aromatic carbocycles. The third-order valence-electron chi connectivity index (χ3n) is 4.41. The minimum absolute atomic E-state index is 0.0222. The maximum absolute atomic E-state index is 13.8. The van der Waals surface area contributed by atoms with E-state index in [1.165, 1.54) is 36.4 Å². The summed E-state index contributed by atoms with van der Waals surface area (Å²) in [4.78, 5) is 7.43. The van der Waals surface area contributed by atoms with Crippen LogP contribution in [0.25, 0.3) is 34.3 Å². The summed E-state index contributed by atoms with van der Waals surface area (Å²) < 4.78 is 51.2. The topological polar surface area (TPSA) is 88.8 Å². The second-order valence-electron chi connectivity index (χ2n) is 6.36. The smallest absolute Gasteiger partial charge is 0.238 e. The molecule has 0 radical (unpaired) electrons. The number of nitrogens with zero attached hydrogens (tertiary/aromatic N) is 1. The molecule has 5 nitrogen and oxygen atoms in total. The number of hydrogen-bond acceptors (Lipinski definition) is 3. The van der Waals surface area contributed by atoms with Crippen LogP contribution in [-0.2, 0) is 10.0 Å². The Balaban J connectivity index is 1.74. The quantitative estimate of drug-likeness (QED) is 0.524. The van der Waals surface area contributed by atoms with Crippen LogP contribution in [-0.4, -0.2) is 18.4 Å². The van der Waals surface area contributed by atoms with Crippen LogP contribution < -0.4 is 5.14 Å². The molecule has 1 aromatic heterocycles. The molecule has 0 spiro atoms. The van der Waals surface area contributed by atoms with Crippen molar-refractivity contribution in [2.45, 2.75) is 4.90 Å². The highest BCUT2D eigenvalue weighted by molar-refractivity contribution is 7.89. The number of halogens is 2. The minimum Gasteiger partial charge on any atom is -0.338 e. The molecule has 29 heavy (non-hydrogen) atoms. The van der Waals surface area contributed by atoms with Gasteiger partial charge in [-0.3, -0.25) is 0 Å². The number of imidazole rings is 1. The first kappa shape index (κ1) is 19.0. The van der Waals surface area contributed by atoms with E-state index in [1.54, 1.807) is 36.4 Å². The molecule has 0 aliphatic carbocycles. The van der Waals surface area contributed by atoms with Gasteiger partial charge in [0, 0.05) is 11.1 Å². The van der Waals surface area contributed by atoms with Crippen LogP contribution in [0.5, 0.6) is 0 Å². The molecule has 0 unspecified atom stereocenters. The van der Waals surface area contributed by atoms with Crippen LogP contribution in [0.1, 0.15) is 11.4 Å². The molecule has 0 aliphatic rings. The number of fused-ring (bicyclic) bond motifs is 1. The Morgan fingerprint density at radius 2 is 1.66 bits per heavy atom. The number of nitrogens with one attached hydrogen (secondary N) is 1. The van der Waals surface area contributed by atoms with Crippen molar-refractivity contribution >= 4 is 33.2 Å². The zero-order chi connectivity index (χ0) is 20.6. The zero-order valence-electron chi connectivity index (χ0n) is 14.9. The van der Waals surface area contributed by atoms with E-state index in [4.69, 9.17) is 5.14 Å². The molecular formula is C21H15F2N3O2S. The number of H-pyrrole nitrogens is 1. The third kappa shape index (κ3) is 3.80. The van der Waals surface area contributed by atoms with Crippen LogP contribution in [0.4, 0.5) is 8.78 Å². The molecule has 8 heteroatoms. The summed E-state index contributed by atoms with van der Waals surface area (Å²) in [6.45, 7) is 0. The van der Waals surface area contributed by atoms with Crippen molar-refractivity contribution in [2.75, 3.05) is 0 Å². The van der Waals surface area contributed by atoms with Crippen molar-refractivity contribution < 1.29 is 17.2 Å². The second-order valence-corrected chi connectivity index (χ2v) is 7.89. The SMILES string of the molecule is NS(=O)(=O)c1ccccc1-c1ccc2nc(C=Cc3c(F)cccc3F)[nH]c2c1. The standard InChI is InChI=1S/C21H15F2N3O2S/c22-16-5-3-6-17(23)15(16)9-11-21-25-18-10-8-13(12-19(18)26-21)14-4-1-2-7-20(14)29(24,27)28/h1-12H,(H,25,26)(H2,24,27,28). The van der Waals surface area contributed by atoms with Gasteiger partial charge in [-0.1, -0.05) is 30.3 Å². The molecule has 146 valence electrons. The van der Waals surface area contributed by atoms with Gasteiger partial charge in [-0.25, -0.2) is 27.3 Å². The van der Waals surface area contributed by atoms with E-state index >= 15 is 0 Å². The van der Waals surface area contributed by atoms with Gasteiger partial charge < -0.3 is 4.98 Å². The molecule has 0 saturated heterocycles. The normalized spacial score (nSPS) is 12.1. The highest BCUT2D eigenvalue weighted by Gasteiger charge is 2.15. The molecule has 0 fully saturated rings. The number of hydrogen-bond donors (Lipinski definition) is 2. The average Bonchev–Trinajstić information content (AvgIpc) is 3.09. The van der Waals surface area contributed by atoms with Gasteiger partial charge in [-0.05, 0) is 48.0 Å². The Labute approximate surface area is 165 Å². The van der Waals surface area contributed by atoms with Crippen LogP contribution >= 0.6 is 0 Å². The Kier molecular flexibility index (Phi) is 4.73. The second kappa shape index (κ2) is 7.23. The predicted molar refractivity (Wildman–Crippen MR) is 108 cm³/mol. The molecule has 4 rings (SSSR count). The van der Waals surface area contributed by atoms with Crippen molar-refractivity contribution in [2.24, 2.45) is 5.14 Å². The number of aromatic amines is 1. The largest absolute Gasteiger partial charge is 0.338 e. The van der Waals surface area contributed by atoms with Crippen molar-refractivity contribution in [3.05, 3.63) is 83.7 Å². The number of primary sulfonamides is 1. The van der Waals surface area contributed by atoms with Crippen molar-refractivity contribution in [3.8, 4) is 11.1 Å². The first-order chi connectivity index (χ1) is 13.8. The summed E-state index contributed by atoms with van der Waals surface area (Å²) in [5.74, 6) is -0.932. The molecule has 0 aliphatic heterocycles. The Hall–Kier alpha value is -3.36. The molecular weight excluding hydrogens is 396 g/mol. The first-order valence-electron chi connectivity index (χ1n) is 8.57. The summed E-state index contributed by atoms with van der Waals surface area (Å²) in [5, 5.41) is 5.31. The van der Waals surface area contributed by atoms with E-state index in [0.29, 0.717) is 28.0 Å². The average molecular weight is 411 g/mol. The van der Waals surface area contributed by atoms with Gasteiger partial charge in [0.15, 0.2) is 0 Å². The van der Waals surface area contributed by atoms with Gasteiger partial charge >= 0.3 is 0 Å². The Bertz CT molecular complexity index is 1340. The summed E-state index contributed by atoms with van der Waals surface area (Å²) in [6, 6.07) is 15.3. The van der Waals surface area contributed by atoms with E-state index in [9.17, 15) is 17.2 Å². The van der Waals surface area contributed by atoms with Crippen molar-refractivity contribution in [3.63, 3.8) is 0 Å². The summed E-state index contributed by atoms with van der Waals surface area (Å²) in [5.41, 5.74) is 2.21. The van der Waals surface area contributed by atoms with Gasteiger partial charge in [-0.15, -0.1) is 0 Å². The first-order valence-corrected chi connectivity index (χ1v) is 10.1. The number of aromatic nitrogens is 2. The maximum Gasteiger partial charge on any atom is 0.238 e. The van der Waals surface area contributed by atoms with Gasteiger partial charge in [-0.2, -0.15) is 0 Å². The van der Waals surface area contributed by atoms with Crippen LogP contribution in [0.3, 0.4) is 0 Å². The number of rotatable bonds is 4. The van der Waals surface area contributed by atoms with E-state index in [0.717, 1.165) is 0 Å². The lowest BCUT2D eigenvalue weighted by atomic mass is 10.1. The monoisotopic (exact) mass is 411 g/mol. The lowest BCUT2D eigenvalue weighted by Gasteiger charge is -2.07. The number of sulfonamides is 1. The van der Waals surface area contributed by atoms with Crippen molar-refractivity contribution in [1.82, 2.24) is 9.97 Å². The predicted octanol–water partition coefficient (Wildman–Crippen LogP) is 4.33. The summed E-state index contributed by atoms with van der Waals surface area (Å²) in [7, 11) is -3.89. The Morgan fingerprint density at radius 1 is 0.931 bits per heavy atom. The fourth-order valence-electron chi connectivity index (χ4n) is 3.06. The van der Waals surface area contributed by atoms with Gasteiger partial charge in [0.2, 0.25) is 10.0 Å². The van der Waals surface area contributed by atoms with E-state index in [2.05, 4.69) is 9.97 Å². The third-order valence-corrected chi connectivity index (χ3v) is 5.38. The molecule has 0 atom stereocenters. The van der Waals surface area contributed by atoms with Crippen molar-refractivity contribution in [1.29, 1.82) is 0 Å². The molecule has 4 aromatic rings. The van der Waals surface area contributed by atoms with Crippen LogP contribution in [0.2, 0.25) is 0 Å². The van der Waals surface area contributed by atoms with Gasteiger partial charge in [0.05, 0.1) is 15.9 Å². The molecule has 1 heterocycles. The fourth-order valence-corrected chi connectivity index (χ4v) is 3.82. The molecule has 0 saturated carbocycles.